The van der Waals surface area contributed by atoms with Gasteiger partial charge in [0.05, 0.1) is 7.11 Å². The SMILES string of the molecule is COc1ccccc1CCC(=O)N(CCCO)C(C)C. The summed E-state index contributed by atoms with van der Waals surface area (Å²) in [7, 11) is 1.64. The van der Waals surface area contributed by atoms with Crippen molar-refractivity contribution >= 4 is 5.91 Å². The van der Waals surface area contributed by atoms with Crippen LogP contribution < -0.4 is 4.74 Å². The second-order valence-corrected chi connectivity index (χ2v) is 5.07. The van der Waals surface area contributed by atoms with E-state index >= 15 is 0 Å². The van der Waals surface area contributed by atoms with Crippen LogP contribution in [0, 0.1) is 0 Å². The first-order valence-electron chi connectivity index (χ1n) is 7.12. The lowest BCUT2D eigenvalue weighted by Gasteiger charge is -2.26. The number of aliphatic hydroxyl groups excluding tert-OH is 1. The van der Waals surface area contributed by atoms with Crippen molar-refractivity contribution in [3.05, 3.63) is 29.8 Å². The highest BCUT2D eigenvalue weighted by Crippen LogP contribution is 2.19. The molecule has 1 amide bonds. The zero-order chi connectivity index (χ0) is 15.0. The average Bonchev–Trinajstić information content (AvgIpc) is 2.45. The van der Waals surface area contributed by atoms with Crippen LogP contribution in [0.4, 0.5) is 0 Å². The number of amides is 1. The van der Waals surface area contributed by atoms with Crippen LogP contribution in [0.3, 0.4) is 0 Å². The quantitative estimate of drug-likeness (QED) is 0.794. The lowest BCUT2D eigenvalue weighted by molar-refractivity contribution is -0.133. The topological polar surface area (TPSA) is 49.8 Å². The third kappa shape index (κ3) is 4.85. The van der Waals surface area contributed by atoms with Gasteiger partial charge in [-0.05, 0) is 38.3 Å². The standard InChI is InChI=1S/C16H25NO3/c1-13(2)17(11-6-12-18)16(19)10-9-14-7-4-5-8-15(14)20-3/h4-5,7-8,13,18H,6,9-12H2,1-3H3. The monoisotopic (exact) mass is 279 g/mol. The summed E-state index contributed by atoms with van der Waals surface area (Å²) < 4.78 is 5.29. The molecule has 0 heterocycles. The Morgan fingerprint density at radius 2 is 2.05 bits per heavy atom. The highest BCUT2D eigenvalue weighted by Gasteiger charge is 2.16. The van der Waals surface area contributed by atoms with Gasteiger partial charge in [0.2, 0.25) is 5.91 Å². The Morgan fingerprint density at radius 1 is 1.35 bits per heavy atom. The van der Waals surface area contributed by atoms with Crippen molar-refractivity contribution in [2.45, 2.75) is 39.2 Å². The van der Waals surface area contributed by atoms with Crippen LogP contribution in [0.15, 0.2) is 24.3 Å². The van der Waals surface area contributed by atoms with Gasteiger partial charge < -0.3 is 14.7 Å². The van der Waals surface area contributed by atoms with Crippen LogP contribution in [0.5, 0.6) is 5.75 Å². The minimum absolute atomic E-state index is 0.114. The molecular weight excluding hydrogens is 254 g/mol. The largest absolute Gasteiger partial charge is 0.496 e. The fourth-order valence-corrected chi connectivity index (χ4v) is 2.21. The highest BCUT2D eigenvalue weighted by atomic mass is 16.5. The van der Waals surface area contributed by atoms with Gasteiger partial charge in [-0.2, -0.15) is 0 Å². The van der Waals surface area contributed by atoms with Crippen molar-refractivity contribution in [3.8, 4) is 5.75 Å². The Bertz CT molecular complexity index is 418. The van der Waals surface area contributed by atoms with Crippen molar-refractivity contribution in [1.82, 2.24) is 4.90 Å². The molecule has 0 radical (unpaired) electrons. The second kappa shape index (κ2) is 8.59. The fourth-order valence-electron chi connectivity index (χ4n) is 2.21. The summed E-state index contributed by atoms with van der Waals surface area (Å²) in [5.41, 5.74) is 1.05. The number of aryl methyl sites for hydroxylation is 1. The van der Waals surface area contributed by atoms with Gasteiger partial charge in [-0.25, -0.2) is 0 Å². The third-order valence-electron chi connectivity index (χ3n) is 3.30. The van der Waals surface area contributed by atoms with Crippen LogP contribution in [0.1, 0.15) is 32.3 Å². The van der Waals surface area contributed by atoms with E-state index in [0.29, 0.717) is 25.8 Å². The van der Waals surface area contributed by atoms with Gasteiger partial charge in [-0.3, -0.25) is 4.79 Å². The molecule has 1 aromatic carbocycles. The van der Waals surface area contributed by atoms with Crippen molar-refractivity contribution in [3.63, 3.8) is 0 Å². The molecule has 0 aliphatic rings. The molecule has 0 unspecified atom stereocenters. The van der Waals surface area contributed by atoms with Gasteiger partial charge in [0, 0.05) is 25.6 Å². The number of ether oxygens (including phenoxy) is 1. The van der Waals surface area contributed by atoms with E-state index in [1.165, 1.54) is 0 Å². The predicted octanol–water partition coefficient (Wildman–Crippen LogP) is 2.25. The van der Waals surface area contributed by atoms with Gasteiger partial charge in [-0.15, -0.1) is 0 Å². The maximum Gasteiger partial charge on any atom is 0.223 e. The molecule has 0 aliphatic heterocycles. The molecule has 0 aliphatic carbocycles. The molecule has 20 heavy (non-hydrogen) atoms. The highest BCUT2D eigenvalue weighted by molar-refractivity contribution is 5.76. The number of methoxy groups -OCH3 is 1. The molecule has 0 spiro atoms. The van der Waals surface area contributed by atoms with Gasteiger partial charge >= 0.3 is 0 Å². The number of benzene rings is 1. The van der Waals surface area contributed by atoms with Crippen LogP contribution in [0.25, 0.3) is 0 Å². The summed E-state index contributed by atoms with van der Waals surface area (Å²) in [4.78, 5) is 14.1. The zero-order valence-electron chi connectivity index (χ0n) is 12.6. The minimum atomic E-state index is 0.114. The third-order valence-corrected chi connectivity index (χ3v) is 3.30. The number of hydrogen-bond donors (Lipinski definition) is 1. The van der Waals surface area contributed by atoms with Crippen molar-refractivity contribution < 1.29 is 14.6 Å². The van der Waals surface area contributed by atoms with Crippen molar-refractivity contribution in [2.24, 2.45) is 0 Å². The predicted molar refractivity (Wildman–Crippen MR) is 79.9 cm³/mol. The van der Waals surface area contributed by atoms with Gasteiger partial charge in [0.15, 0.2) is 0 Å². The molecule has 0 atom stereocenters. The van der Waals surface area contributed by atoms with E-state index in [4.69, 9.17) is 9.84 Å². The summed E-state index contributed by atoms with van der Waals surface area (Å²) >= 11 is 0. The molecule has 0 saturated heterocycles. The zero-order valence-corrected chi connectivity index (χ0v) is 12.6. The number of rotatable bonds is 8. The smallest absolute Gasteiger partial charge is 0.223 e. The number of para-hydroxylation sites is 1. The molecule has 1 aromatic rings. The molecule has 0 aromatic heterocycles. The Morgan fingerprint density at radius 3 is 2.65 bits per heavy atom. The number of hydrogen-bond acceptors (Lipinski definition) is 3. The van der Waals surface area contributed by atoms with E-state index in [9.17, 15) is 4.79 Å². The molecule has 1 rings (SSSR count). The first-order chi connectivity index (χ1) is 9.60. The normalized spacial score (nSPS) is 10.7. The summed E-state index contributed by atoms with van der Waals surface area (Å²) in [6.45, 7) is 4.72. The number of nitrogens with zero attached hydrogens (tertiary/aromatic N) is 1. The van der Waals surface area contributed by atoms with Crippen molar-refractivity contribution in [2.75, 3.05) is 20.3 Å². The number of aliphatic hydroxyl groups is 1. The van der Waals surface area contributed by atoms with E-state index < -0.39 is 0 Å². The Hall–Kier alpha value is -1.55. The maximum atomic E-state index is 12.3. The Kier molecular flexibility index (Phi) is 7.09. The fraction of sp³-hybridized carbons (Fsp3) is 0.562. The van der Waals surface area contributed by atoms with E-state index in [2.05, 4.69) is 0 Å². The van der Waals surface area contributed by atoms with Crippen LogP contribution in [-0.2, 0) is 11.2 Å². The summed E-state index contributed by atoms with van der Waals surface area (Å²) in [6, 6.07) is 7.93. The summed E-state index contributed by atoms with van der Waals surface area (Å²) in [5, 5.41) is 8.90. The first kappa shape index (κ1) is 16.5. The van der Waals surface area contributed by atoms with Gasteiger partial charge in [-0.1, -0.05) is 18.2 Å². The van der Waals surface area contributed by atoms with Crippen LogP contribution in [0.2, 0.25) is 0 Å². The van der Waals surface area contributed by atoms with E-state index in [0.717, 1.165) is 11.3 Å². The molecular formula is C16H25NO3. The maximum absolute atomic E-state index is 12.3. The van der Waals surface area contributed by atoms with E-state index in [1.807, 2.05) is 43.0 Å². The molecule has 1 N–H and O–H groups in total. The lowest BCUT2D eigenvalue weighted by atomic mass is 10.1. The Balaban J connectivity index is 2.60. The first-order valence-corrected chi connectivity index (χ1v) is 7.12. The van der Waals surface area contributed by atoms with Crippen LogP contribution >= 0.6 is 0 Å². The van der Waals surface area contributed by atoms with E-state index in [-0.39, 0.29) is 18.6 Å². The summed E-state index contributed by atoms with van der Waals surface area (Å²) in [5.74, 6) is 0.950. The molecule has 0 saturated carbocycles. The van der Waals surface area contributed by atoms with Crippen molar-refractivity contribution in [1.29, 1.82) is 0 Å². The molecule has 112 valence electrons. The average molecular weight is 279 g/mol. The molecule has 0 fully saturated rings. The molecule has 4 heteroatoms. The second-order valence-electron chi connectivity index (χ2n) is 5.07. The minimum Gasteiger partial charge on any atom is -0.496 e. The van der Waals surface area contributed by atoms with Gasteiger partial charge in [0.1, 0.15) is 5.75 Å². The number of carbonyl (C=O) groups excluding carboxylic acids is 1. The molecule has 4 nitrogen and oxygen atoms in total. The summed E-state index contributed by atoms with van der Waals surface area (Å²) in [6.07, 6.45) is 1.76. The number of carbonyl (C=O) groups is 1. The van der Waals surface area contributed by atoms with Gasteiger partial charge in [0.25, 0.3) is 0 Å². The van der Waals surface area contributed by atoms with Crippen LogP contribution in [-0.4, -0.2) is 42.2 Å². The molecule has 0 bridgehead atoms. The Labute approximate surface area is 121 Å². The van der Waals surface area contributed by atoms with E-state index in [1.54, 1.807) is 7.11 Å². The lowest BCUT2D eigenvalue weighted by Crippen LogP contribution is -2.38.